The zero-order chi connectivity index (χ0) is 16.2. The topological polar surface area (TPSA) is 47.4 Å². The van der Waals surface area contributed by atoms with Gasteiger partial charge >= 0.3 is 0 Å². The molecule has 2 heterocycles. The fourth-order valence-corrected chi connectivity index (χ4v) is 3.61. The molecule has 5 nitrogen and oxygen atoms in total. The van der Waals surface area contributed by atoms with Crippen molar-refractivity contribution in [2.45, 2.75) is 51.7 Å². The van der Waals surface area contributed by atoms with Gasteiger partial charge in [-0.3, -0.25) is 9.36 Å². The number of ether oxygens (including phenoxy) is 1. The van der Waals surface area contributed by atoms with Crippen molar-refractivity contribution < 1.29 is 4.74 Å². The molecule has 0 aliphatic carbocycles. The Morgan fingerprint density at radius 1 is 1.27 bits per heavy atom. The molecule has 1 aliphatic rings. The van der Waals surface area contributed by atoms with Crippen molar-refractivity contribution in [1.29, 1.82) is 0 Å². The highest BCUT2D eigenvalue weighted by Crippen LogP contribution is 2.16. The van der Waals surface area contributed by atoms with Crippen molar-refractivity contribution in [1.82, 2.24) is 9.55 Å². The van der Waals surface area contributed by atoms with Crippen LogP contribution in [0, 0.1) is 0 Å². The summed E-state index contributed by atoms with van der Waals surface area (Å²) in [5.74, 6) is 0.544. The number of hydrogen-bond donors (Lipinski definition) is 0. The second-order valence-corrected chi connectivity index (χ2v) is 13.5. The van der Waals surface area contributed by atoms with Crippen LogP contribution in [0.2, 0.25) is 25.7 Å². The van der Waals surface area contributed by atoms with Gasteiger partial charge in [0.05, 0.1) is 0 Å². The van der Waals surface area contributed by atoms with Crippen LogP contribution in [-0.2, 0) is 11.5 Å². The average molecular weight is 388 g/mol. The molecule has 1 aromatic heterocycles. The quantitative estimate of drug-likeness (QED) is 0.554. The maximum Gasteiger partial charge on any atom is 0.295 e. The monoisotopic (exact) mass is 387 g/mol. The first-order valence-electron chi connectivity index (χ1n) is 7.96. The molecule has 124 valence electrons. The Kier molecular flexibility index (Phi) is 6.23. The molecule has 0 aromatic carbocycles. The van der Waals surface area contributed by atoms with Crippen LogP contribution in [0.1, 0.15) is 19.3 Å². The lowest BCUT2D eigenvalue weighted by Gasteiger charge is -2.27. The van der Waals surface area contributed by atoms with Gasteiger partial charge in [-0.2, -0.15) is 0 Å². The number of anilines is 1. The van der Waals surface area contributed by atoms with Crippen LogP contribution >= 0.6 is 15.9 Å². The number of halogens is 1. The standard InChI is InChI=1S/C15H26BrN3O2Si/c1-22(2,3)10-9-21-12-19-11-13(16)17-14(15(19)20)18-7-5-4-6-8-18/h11H,4-10,12H2,1-3H3. The molecule has 0 N–H and O–H groups in total. The number of rotatable bonds is 6. The maximum atomic E-state index is 12.6. The summed E-state index contributed by atoms with van der Waals surface area (Å²) < 4.78 is 8.00. The van der Waals surface area contributed by atoms with Gasteiger partial charge in [-0.15, -0.1) is 0 Å². The largest absolute Gasteiger partial charge is 0.361 e. The zero-order valence-electron chi connectivity index (χ0n) is 13.8. The van der Waals surface area contributed by atoms with E-state index in [1.807, 2.05) is 0 Å². The van der Waals surface area contributed by atoms with E-state index in [1.165, 1.54) is 6.42 Å². The summed E-state index contributed by atoms with van der Waals surface area (Å²) in [7, 11) is -1.10. The Labute approximate surface area is 141 Å². The van der Waals surface area contributed by atoms with Gasteiger partial charge in [0.1, 0.15) is 11.3 Å². The summed E-state index contributed by atoms with van der Waals surface area (Å²) in [5.41, 5.74) is -0.0573. The number of aromatic nitrogens is 2. The van der Waals surface area contributed by atoms with Crippen LogP contribution < -0.4 is 10.5 Å². The van der Waals surface area contributed by atoms with Crippen LogP contribution in [0.15, 0.2) is 15.6 Å². The second kappa shape index (κ2) is 7.74. The van der Waals surface area contributed by atoms with Crippen molar-refractivity contribution in [3.8, 4) is 0 Å². The van der Waals surface area contributed by atoms with Crippen LogP contribution in [0.25, 0.3) is 0 Å². The van der Waals surface area contributed by atoms with E-state index in [-0.39, 0.29) is 5.56 Å². The summed E-state index contributed by atoms with van der Waals surface area (Å²) in [4.78, 5) is 19.1. The lowest BCUT2D eigenvalue weighted by Crippen LogP contribution is -2.37. The predicted molar refractivity (Wildman–Crippen MR) is 96.4 cm³/mol. The molecule has 1 aliphatic heterocycles. The fourth-order valence-electron chi connectivity index (χ4n) is 2.44. The van der Waals surface area contributed by atoms with E-state index in [1.54, 1.807) is 10.8 Å². The lowest BCUT2D eigenvalue weighted by molar-refractivity contribution is 0.0844. The number of hydrogen-bond acceptors (Lipinski definition) is 4. The SMILES string of the molecule is C[Si](C)(C)CCOCn1cc(Br)nc(N2CCCCC2)c1=O. The van der Waals surface area contributed by atoms with Crippen LogP contribution in [0.4, 0.5) is 5.82 Å². The Morgan fingerprint density at radius 2 is 1.95 bits per heavy atom. The third kappa shape index (κ3) is 5.21. The summed E-state index contributed by atoms with van der Waals surface area (Å²) in [5, 5.41) is 0. The van der Waals surface area contributed by atoms with Crippen molar-refractivity contribution in [3.05, 3.63) is 21.2 Å². The summed E-state index contributed by atoms with van der Waals surface area (Å²) in [6, 6.07) is 1.10. The molecule has 0 saturated carbocycles. The molecule has 0 bridgehead atoms. The molecule has 1 aromatic rings. The molecule has 7 heteroatoms. The first kappa shape index (κ1) is 17.7. The van der Waals surface area contributed by atoms with Gasteiger partial charge in [-0.05, 0) is 41.2 Å². The highest BCUT2D eigenvalue weighted by molar-refractivity contribution is 9.10. The molecule has 2 rings (SSSR count). The maximum absolute atomic E-state index is 12.6. The van der Waals surface area contributed by atoms with Gasteiger partial charge in [0.25, 0.3) is 5.56 Å². The molecule has 0 unspecified atom stereocenters. The van der Waals surface area contributed by atoms with Gasteiger partial charge < -0.3 is 9.64 Å². The molecular formula is C15H26BrN3O2Si. The van der Waals surface area contributed by atoms with E-state index >= 15 is 0 Å². The third-order valence-corrected chi connectivity index (χ3v) is 5.90. The minimum absolute atomic E-state index is 0.0573. The van der Waals surface area contributed by atoms with Crippen LogP contribution in [-0.4, -0.2) is 37.3 Å². The predicted octanol–water partition coefficient (Wildman–Crippen LogP) is 3.31. The fraction of sp³-hybridized carbons (Fsp3) is 0.733. The number of piperidine rings is 1. The zero-order valence-corrected chi connectivity index (χ0v) is 16.4. The molecule has 0 radical (unpaired) electrons. The van der Waals surface area contributed by atoms with E-state index in [2.05, 4.69) is 45.5 Å². The van der Waals surface area contributed by atoms with Crippen molar-refractivity contribution in [2.24, 2.45) is 0 Å². The van der Waals surface area contributed by atoms with Gasteiger partial charge in [-0.25, -0.2) is 4.98 Å². The third-order valence-electron chi connectivity index (χ3n) is 3.81. The van der Waals surface area contributed by atoms with Crippen LogP contribution in [0.3, 0.4) is 0 Å². The first-order chi connectivity index (χ1) is 10.4. The Morgan fingerprint density at radius 3 is 2.59 bits per heavy atom. The molecule has 0 spiro atoms. The Hall–Kier alpha value is -0.663. The average Bonchev–Trinajstić information content (AvgIpc) is 2.46. The first-order valence-corrected chi connectivity index (χ1v) is 12.5. The molecule has 1 saturated heterocycles. The molecule has 0 amide bonds. The second-order valence-electron chi connectivity index (χ2n) is 7.06. The summed E-state index contributed by atoms with van der Waals surface area (Å²) in [6.45, 7) is 9.79. The molecular weight excluding hydrogens is 362 g/mol. The molecule has 1 fully saturated rings. The highest BCUT2D eigenvalue weighted by Gasteiger charge is 2.18. The highest BCUT2D eigenvalue weighted by atomic mass is 79.9. The van der Waals surface area contributed by atoms with E-state index in [0.717, 1.165) is 32.0 Å². The van der Waals surface area contributed by atoms with E-state index in [0.29, 0.717) is 23.8 Å². The normalized spacial score (nSPS) is 16.1. The Bertz CT molecular complexity index is 551. The van der Waals surface area contributed by atoms with Crippen LogP contribution in [0.5, 0.6) is 0 Å². The molecule has 22 heavy (non-hydrogen) atoms. The van der Waals surface area contributed by atoms with Crippen molar-refractivity contribution in [3.63, 3.8) is 0 Å². The van der Waals surface area contributed by atoms with E-state index in [9.17, 15) is 4.79 Å². The van der Waals surface area contributed by atoms with Gasteiger partial charge in [-0.1, -0.05) is 19.6 Å². The smallest absolute Gasteiger partial charge is 0.295 e. The number of nitrogens with zero attached hydrogens (tertiary/aromatic N) is 3. The minimum atomic E-state index is -1.10. The lowest BCUT2D eigenvalue weighted by atomic mass is 10.1. The molecule has 0 atom stereocenters. The van der Waals surface area contributed by atoms with Gasteiger partial charge in [0.2, 0.25) is 0 Å². The van der Waals surface area contributed by atoms with Gasteiger partial charge in [0, 0.05) is 34.0 Å². The summed E-state index contributed by atoms with van der Waals surface area (Å²) >= 11 is 3.41. The van der Waals surface area contributed by atoms with Crippen molar-refractivity contribution in [2.75, 3.05) is 24.6 Å². The van der Waals surface area contributed by atoms with Gasteiger partial charge in [0.15, 0.2) is 5.82 Å². The Balaban J connectivity index is 2.05. The van der Waals surface area contributed by atoms with E-state index < -0.39 is 8.07 Å². The summed E-state index contributed by atoms with van der Waals surface area (Å²) in [6.07, 6.45) is 5.20. The van der Waals surface area contributed by atoms with Crippen molar-refractivity contribution >= 4 is 29.8 Å². The minimum Gasteiger partial charge on any atom is -0.361 e. The van der Waals surface area contributed by atoms with E-state index in [4.69, 9.17) is 4.74 Å².